The van der Waals surface area contributed by atoms with Crippen LogP contribution in [0.4, 0.5) is 0 Å². The SMILES string of the molecule is COC(=O)CCc1ccc(CO)cc1C(=O)CC(CC(C)C)c1ccccc1. The van der Waals surface area contributed by atoms with Crippen molar-refractivity contribution in [1.82, 2.24) is 0 Å². The van der Waals surface area contributed by atoms with E-state index in [1.54, 1.807) is 12.1 Å². The van der Waals surface area contributed by atoms with Gasteiger partial charge in [-0.25, -0.2) is 0 Å². The number of aryl methyl sites for hydroxylation is 1. The summed E-state index contributed by atoms with van der Waals surface area (Å²) in [5, 5.41) is 9.48. The van der Waals surface area contributed by atoms with Crippen LogP contribution in [0.2, 0.25) is 0 Å². The van der Waals surface area contributed by atoms with E-state index in [1.807, 2.05) is 24.3 Å². The lowest BCUT2D eigenvalue weighted by molar-refractivity contribution is -0.140. The maximum absolute atomic E-state index is 13.2. The van der Waals surface area contributed by atoms with Crippen LogP contribution in [0.25, 0.3) is 0 Å². The minimum absolute atomic E-state index is 0.0460. The van der Waals surface area contributed by atoms with Crippen LogP contribution < -0.4 is 0 Å². The largest absolute Gasteiger partial charge is 0.469 e. The van der Waals surface area contributed by atoms with Gasteiger partial charge in [0.15, 0.2) is 5.78 Å². The summed E-state index contributed by atoms with van der Waals surface area (Å²) in [6.45, 7) is 4.20. The molecule has 1 N–H and O–H groups in total. The maximum atomic E-state index is 13.2. The van der Waals surface area contributed by atoms with Crippen LogP contribution in [0.1, 0.15) is 66.1 Å². The molecule has 0 aliphatic rings. The molecule has 0 amide bonds. The molecule has 0 bridgehead atoms. The number of aliphatic hydroxyl groups excluding tert-OH is 1. The minimum Gasteiger partial charge on any atom is -0.469 e. The van der Waals surface area contributed by atoms with E-state index in [2.05, 4.69) is 26.0 Å². The zero-order chi connectivity index (χ0) is 20.5. The maximum Gasteiger partial charge on any atom is 0.305 e. The molecule has 0 saturated carbocycles. The van der Waals surface area contributed by atoms with Gasteiger partial charge in [0.25, 0.3) is 0 Å². The van der Waals surface area contributed by atoms with E-state index in [0.29, 0.717) is 29.9 Å². The Kier molecular flexibility index (Phi) is 8.40. The monoisotopic (exact) mass is 382 g/mol. The zero-order valence-electron chi connectivity index (χ0n) is 17.0. The fourth-order valence-electron chi connectivity index (χ4n) is 3.50. The second kappa shape index (κ2) is 10.8. The Morgan fingerprint density at radius 2 is 1.79 bits per heavy atom. The van der Waals surface area contributed by atoms with Crippen molar-refractivity contribution in [3.05, 3.63) is 70.8 Å². The van der Waals surface area contributed by atoms with Crippen molar-refractivity contribution in [3.63, 3.8) is 0 Å². The molecule has 1 atom stereocenters. The molecule has 2 aromatic carbocycles. The normalized spacial score (nSPS) is 12.0. The van der Waals surface area contributed by atoms with E-state index in [4.69, 9.17) is 4.74 Å². The number of Topliss-reactive ketones (excluding diaryl/α,β-unsaturated/α-hetero) is 1. The van der Waals surface area contributed by atoms with E-state index in [9.17, 15) is 14.7 Å². The minimum atomic E-state index is -0.299. The first-order chi connectivity index (χ1) is 13.4. The third-order valence-corrected chi connectivity index (χ3v) is 4.94. The zero-order valence-corrected chi connectivity index (χ0v) is 17.0. The van der Waals surface area contributed by atoms with E-state index in [1.165, 1.54) is 12.7 Å². The Labute approximate surface area is 167 Å². The highest BCUT2D eigenvalue weighted by Crippen LogP contribution is 2.29. The van der Waals surface area contributed by atoms with Gasteiger partial charge in [0.2, 0.25) is 0 Å². The highest BCUT2D eigenvalue weighted by atomic mass is 16.5. The standard InChI is InChI=1S/C24H30O4/c1-17(2)13-21(19-7-5-4-6-8-19)15-23(26)22-14-18(16-25)9-10-20(22)11-12-24(27)28-3/h4-10,14,17,21,25H,11-13,15-16H2,1-3H3. The summed E-state index contributed by atoms with van der Waals surface area (Å²) < 4.78 is 4.72. The van der Waals surface area contributed by atoms with Gasteiger partial charge in [-0.15, -0.1) is 0 Å². The summed E-state index contributed by atoms with van der Waals surface area (Å²) in [5.74, 6) is 0.358. The van der Waals surface area contributed by atoms with E-state index >= 15 is 0 Å². The van der Waals surface area contributed by atoms with Crippen LogP contribution in [0.3, 0.4) is 0 Å². The van der Waals surface area contributed by atoms with Gasteiger partial charge in [-0.05, 0) is 47.4 Å². The van der Waals surface area contributed by atoms with Crippen LogP contribution in [-0.4, -0.2) is 24.0 Å². The van der Waals surface area contributed by atoms with Crippen molar-refractivity contribution in [1.29, 1.82) is 0 Å². The molecule has 0 aliphatic heterocycles. The van der Waals surface area contributed by atoms with Gasteiger partial charge in [0, 0.05) is 18.4 Å². The van der Waals surface area contributed by atoms with Crippen LogP contribution in [0.5, 0.6) is 0 Å². The second-order valence-electron chi connectivity index (χ2n) is 7.59. The predicted octanol–water partition coefficient (Wildman–Crippen LogP) is 4.69. The number of aliphatic hydroxyl groups is 1. The summed E-state index contributed by atoms with van der Waals surface area (Å²) in [7, 11) is 1.36. The molecule has 2 aromatic rings. The second-order valence-corrected chi connectivity index (χ2v) is 7.59. The molecule has 4 heteroatoms. The fourth-order valence-corrected chi connectivity index (χ4v) is 3.50. The number of methoxy groups -OCH3 is 1. The van der Waals surface area contributed by atoms with Gasteiger partial charge in [-0.1, -0.05) is 56.3 Å². The van der Waals surface area contributed by atoms with Crippen LogP contribution in [-0.2, 0) is 22.6 Å². The summed E-state index contributed by atoms with van der Waals surface area (Å²) in [4.78, 5) is 24.7. The van der Waals surface area contributed by atoms with Crippen molar-refractivity contribution < 1.29 is 19.4 Å². The quantitative estimate of drug-likeness (QED) is 0.478. The highest BCUT2D eigenvalue weighted by Gasteiger charge is 2.21. The highest BCUT2D eigenvalue weighted by molar-refractivity contribution is 5.98. The predicted molar refractivity (Wildman–Crippen MR) is 110 cm³/mol. The van der Waals surface area contributed by atoms with E-state index < -0.39 is 0 Å². The third kappa shape index (κ3) is 6.31. The van der Waals surface area contributed by atoms with Crippen LogP contribution in [0.15, 0.2) is 48.5 Å². The number of ether oxygens (including phenoxy) is 1. The molecule has 0 heterocycles. The smallest absolute Gasteiger partial charge is 0.305 e. The molecule has 28 heavy (non-hydrogen) atoms. The van der Waals surface area contributed by atoms with Gasteiger partial charge < -0.3 is 9.84 Å². The number of hydrogen-bond acceptors (Lipinski definition) is 4. The van der Waals surface area contributed by atoms with Crippen LogP contribution >= 0.6 is 0 Å². The topological polar surface area (TPSA) is 63.6 Å². The molecule has 0 aromatic heterocycles. The number of carbonyl (C=O) groups is 2. The first-order valence-electron chi connectivity index (χ1n) is 9.82. The molecule has 0 spiro atoms. The molecular weight excluding hydrogens is 352 g/mol. The van der Waals surface area contributed by atoms with Gasteiger partial charge in [0.05, 0.1) is 13.7 Å². The fraction of sp³-hybridized carbons (Fsp3) is 0.417. The molecular formula is C24H30O4. The van der Waals surface area contributed by atoms with Crippen molar-refractivity contribution >= 4 is 11.8 Å². The summed E-state index contributed by atoms with van der Waals surface area (Å²) in [6.07, 6.45) is 2.00. The molecule has 2 rings (SSSR count). The summed E-state index contributed by atoms with van der Waals surface area (Å²) in [6, 6.07) is 15.5. The lowest BCUT2D eigenvalue weighted by Gasteiger charge is -2.20. The molecule has 150 valence electrons. The number of esters is 1. The van der Waals surface area contributed by atoms with Gasteiger partial charge >= 0.3 is 5.97 Å². The molecule has 0 radical (unpaired) electrons. The summed E-state index contributed by atoms with van der Waals surface area (Å²) in [5.41, 5.74) is 3.29. The molecule has 0 fully saturated rings. The lowest BCUT2D eigenvalue weighted by atomic mass is 9.84. The Bertz CT molecular complexity index is 780. The summed E-state index contributed by atoms with van der Waals surface area (Å²) >= 11 is 0. The molecule has 0 aliphatic carbocycles. The number of ketones is 1. The van der Waals surface area contributed by atoms with Gasteiger partial charge in [-0.2, -0.15) is 0 Å². The Morgan fingerprint density at radius 1 is 1.07 bits per heavy atom. The Hall–Kier alpha value is -2.46. The first kappa shape index (κ1) is 21.8. The average Bonchev–Trinajstić information content (AvgIpc) is 2.71. The third-order valence-electron chi connectivity index (χ3n) is 4.94. The number of benzene rings is 2. The molecule has 0 saturated heterocycles. The van der Waals surface area contributed by atoms with E-state index in [-0.39, 0.29) is 30.7 Å². The average molecular weight is 383 g/mol. The van der Waals surface area contributed by atoms with Gasteiger partial charge in [0.1, 0.15) is 0 Å². The number of carbonyl (C=O) groups excluding carboxylic acids is 2. The van der Waals surface area contributed by atoms with Gasteiger partial charge in [-0.3, -0.25) is 9.59 Å². The number of rotatable bonds is 10. The van der Waals surface area contributed by atoms with Crippen LogP contribution in [0, 0.1) is 5.92 Å². The molecule has 1 unspecified atom stereocenters. The number of hydrogen-bond donors (Lipinski definition) is 1. The van der Waals surface area contributed by atoms with Crippen molar-refractivity contribution in [2.24, 2.45) is 5.92 Å². The van der Waals surface area contributed by atoms with Crippen molar-refractivity contribution in [2.45, 2.75) is 52.1 Å². The lowest BCUT2D eigenvalue weighted by Crippen LogP contribution is -2.13. The first-order valence-corrected chi connectivity index (χ1v) is 9.82. The van der Waals surface area contributed by atoms with Crippen molar-refractivity contribution in [2.75, 3.05) is 7.11 Å². The van der Waals surface area contributed by atoms with E-state index in [0.717, 1.165) is 12.0 Å². The Balaban J connectivity index is 2.27. The van der Waals surface area contributed by atoms with Crippen molar-refractivity contribution in [3.8, 4) is 0 Å². The Morgan fingerprint density at radius 3 is 2.39 bits per heavy atom. The molecule has 4 nitrogen and oxygen atoms in total.